The molecule has 47 valence electrons. The van der Waals surface area contributed by atoms with E-state index < -0.39 is 0 Å². The molecule has 1 heteroatoms. The van der Waals surface area contributed by atoms with Crippen molar-refractivity contribution in [1.29, 1.82) is 0 Å². The maximum atomic E-state index is 5.59. The monoisotopic (exact) mass is 120 g/mol. The van der Waals surface area contributed by atoms with Crippen molar-refractivity contribution < 1.29 is 0 Å². The van der Waals surface area contributed by atoms with Crippen molar-refractivity contribution in [2.24, 2.45) is 5.73 Å². The zero-order valence-electron chi connectivity index (χ0n) is 5.46. The Morgan fingerprint density at radius 2 is 2.44 bits per heavy atom. The van der Waals surface area contributed by atoms with Crippen LogP contribution in [0.5, 0.6) is 0 Å². The zero-order valence-corrected chi connectivity index (χ0v) is 5.46. The molecule has 0 fully saturated rings. The van der Waals surface area contributed by atoms with Gasteiger partial charge in [0.05, 0.1) is 0 Å². The molecule has 0 saturated heterocycles. The van der Waals surface area contributed by atoms with E-state index in [1.807, 2.05) is 31.2 Å². The number of hydrogen-bond acceptors (Lipinski definition) is 1. The molecule has 0 heterocycles. The Kier molecular flexibility index (Phi) is 1.85. The lowest BCUT2D eigenvalue weighted by Crippen LogP contribution is -2.03. The van der Waals surface area contributed by atoms with Crippen molar-refractivity contribution in [2.45, 2.75) is 13.0 Å². The summed E-state index contributed by atoms with van der Waals surface area (Å²) in [4.78, 5) is 0. The molecular formula is C8H10N. The van der Waals surface area contributed by atoms with E-state index in [4.69, 9.17) is 5.73 Å². The van der Waals surface area contributed by atoms with Crippen LogP contribution in [0, 0.1) is 6.07 Å². The van der Waals surface area contributed by atoms with Gasteiger partial charge in [-0.25, -0.2) is 0 Å². The van der Waals surface area contributed by atoms with Gasteiger partial charge in [-0.2, -0.15) is 0 Å². The van der Waals surface area contributed by atoms with Crippen LogP contribution in [0.15, 0.2) is 24.3 Å². The van der Waals surface area contributed by atoms with E-state index in [1.165, 1.54) is 0 Å². The van der Waals surface area contributed by atoms with Crippen LogP contribution in [-0.4, -0.2) is 0 Å². The minimum absolute atomic E-state index is 0.127. The summed E-state index contributed by atoms with van der Waals surface area (Å²) < 4.78 is 0. The van der Waals surface area contributed by atoms with Crippen LogP contribution in [0.3, 0.4) is 0 Å². The predicted octanol–water partition coefficient (Wildman–Crippen LogP) is 1.51. The van der Waals surface area contributed by atoms with E-state index in [0.29, 0.717) is 0 Å². The van der Waals surface area contributed by atoms with E-state index in [2.05, 4.69) is 6.07 Å². The summed E-state index contributed by atoms with van der Waals surface area (Å²) in [7, 11) is 0. The molecule has 0 aliphatic heterocycles. The molecule has 0 bridgehead atoms. The molecule has 1 rings (SSSR count). The first-order chi connectivity index (χ1) is 4.30. The molecule has 1 radical (unpaired) electrons. The Morgan fingerprint density at radius 1 is 1.67 bits per heavy atom. The second-order valence-corrected chi connectivity index (χ2v) is 2.13. The van der Waals surface area contributed by atoms with Crippen LogP contribution in [-0.2, 0) is 0 Å². The normalized spacial score (nSPS) is 13.1. The van der Waals surface area contributed by atoms with Gasteiger partial charge in [-0.05, 0) is 24.6 Å². The van der Waals surface area contributed by atoms with Gasteiger partial charge in [0.1, 0.15) is 0 Å². The Hall–Kier alpha value is -0.820. The van der Waals surface area contributed by atoms with Crippen LogP contribution < -0.4 is 5.73 Å². The Bertz CT molecular complexity index is 167. The second kappa shape index (κ2) is 2.65. The van der Waals surface area contributed by atoms with Crippen LogP contribution in [0.1, 0.15) is 18.5 Å². The lowest BCUT2D eigenvalue weighted by Gasteiger charge is -2.01. The molecular weight excluding hydrogens is 110 g/mol. The van der Waals surface area contributed by atoms with E-state index in [0.717, 1.165) is 5.56 Å². The van der Waals surface area contributed by atoms with Gasteiger partial charge in [-0.1, -0.05) is 18.2 Å². The first kappa shape index (κ1) is 6.30. The molecule has 9 heavy (non-hydrogen) atoms. The van der Waals surface area contributed by atoms with Gasteiger partial charge >= 0.3 is 0 Å². The van der Waals surface area contributed by atoms with Gasteiger partial charge < -0.3 is 5.73 Å². The summed E-state index contributed by atoms with van der Waals surface area (Å²) >= 11 is 0. The SMILES string of the molecule is C[C@@H](N)c1c[c]ccc1. The van der Waals surface area contributed by atoms with E-state index >= 15 is 0 Å². The molecule has 2 N–H and O–H groups in total. The fourth-order valence-corrected chi connectivity index (χ4v) is 0.690. The van der Waals surface area contributed by atoms with Crippen LogP contribution in [0.2, 0.25) is 0 Å². The fourth-order valence-electron chi connectivity index (χ4n) is 0.690. The molecule has 1 aromatic carbocycles. The lowest BCUT2D eigenvalue weighted by molar-refractivity contribution is 0.818. The molecule has 1 aromatic rings. The Labute approximate surface area is 55.5 Å². The van der Waals surface area contributed by atoms with E-state index in [-0.39, 0.29) is 6.04 Å². The summed E-state index contributed by atoms with van der Waals surface area (Å²) in [6.45, 7) is 1.96. The molecule has 0 aliphatic rings. The highest BCUT2D eigenvalue weighted by molar-refractivity contribution is 5.16. The summed E-state index contributed by atoms with van der Waals surface area (Å²) in [6.07, 6.45) is 0. The van der Waals surface area contributed by atoms with E-state index in [9.17, 15) is 0 Å². The largest absolute Gasteiger partial charge is 0.324 e. The van der Waals surface area contributed by atoms with Gasteiger partial charge in [-0.15, -0.1) is 0 Å². The molecule has 0 aromatic heterocycles. The van der Waals surface area contributed by atoms with Gasteiger partial charge in [0.2, 0.25) is 0 Å². The van der Waals surface area contributed by atoms with Gasteiger partial charge in [-0.3, -0.25) is 0 Å². The fraction of sp³-hybridized carbons (Fsp3) is 0.250. The Balaban J connectivity index is 2.85. The van der Waals surface area contributed by atoms with Gasteiger partial charge in [0, 0.05) is 6.04 Å². The van der Waals surface area contributed by atoms with E-state index in [1.54, 1.807) is 0 Å². The average Bonchev–Trinajstić information content (AvgIpc) is 1.90. The van der Waals surface area contributed by atoms with Crippen molar-refractivity contribution >= 4 is 0 Å². The van der Waals surface area contributed by atoms with Crippen molar-refractivity contribution in [3.8, 4) is 0 Å². The molecule has 1 nitrogen and oxygen atoms in total. The maximum Gasteiger partial charge on any atom is 0.0266 e. The third-order valence-electron chi connectivity index (χ3n) is 1.26. The molecule has 0 saturated carbocycles. The number of hydrogen-bond donors (Lipinski definition) is 1. The van der Waals surface area contributed by atoms with Crippen molar-refractivity contribution in [2.75, 3.05) is 0 Å². The quantitative estimate of drug-likeness (QED) is 0.597. The minimum Gasteiger partial charge on any atom is -0.324 e. The van der Waals surface area contributed by atoms with Crippen LogP contribution in [0.4, 0.5) is 0 Å². The summed E-state index contributed by atoms with van der Waals surface area (Å²) in [5, 5.41) is 0. The van der Waals surface area contributed by atoms with Crippen molar-refractivity contribution in [3.05, 3.63) is 35.9 Å². The highest BCUT2D eigenvalue weighted by atomic mass is 14.6. The first-order valence-corrected chi connectivity index (χ1v) is 3.02. The zero-order chi connectivity index (χ0) is 6.69. The lowest BCUT2D eigenvalue weighted by atomic mass is 10.1. The maximum absolute atomic E-state index is 5.59. The van der Waals surface area contributed by atoms with Gasteiger partial charge in [0.25, 0.3) is 0 Å². The third-order valence-corrected chi connectivity index (χ3v) is 1.26. The summed E-state index contributed by atoms with van der Waals surface area (Å²) in [5.41, 5.74) is 6.73. The first-order valence-electron chi connectivity index (χ1n) is 3.02. The molecule has 0 unspecified atom stereocenters. The van der Waals surface area contributed by atoms with Crippen LogP contribution >= 0.6 is 0 Å². The third kappa shape index (κ3) is 1.54. The molecule has 1 atom stereocenters. The molecule has 0 spiro atoms. The minimum atomic E-state index is 0.127. The van der Waals surface area contributed by atoms with Crippen molar-refractivity contribution in [3.63, 3.8) is 0 Å². The number of nitrogens with two attached hydrogens (primary N) is 1. The average molecular weight is 120 g/mol. The highest BCUT2D eigenvalue weighted by Gasteiger charge is 1.93. The molecule has 0 aliphatic carbocycles. The predicted molar refractivity (Wildman–Crippen MR) is 37.9 cm³/mol. The van der Waals surface area contributed by atoms with Gasteiger partial charge in [0.15, 0.2) is 0 Å². The Morgan fingerprint density at radius 3 is 2.78 bits per heavy atom. The number of benzene rings is 1. The molecule has 0 amide bonds. The number of rotatable bonds is 1. The smallest absolute Gasteiger partial charge is 0.0266 e. The highest BCUT2D eigenvalue weighted by Crippen LogP contribution is 2.05. The topological polar surface area (TPSA) is 26.0 Å². The van der Waals surface area contributed by atoms with Crippen LogP contribution in [0.25, 0.3) is 0 Å². The second-order valence-electron chi connectivity index (χ2n) is 2.13. The standard InChI is InChI=1S/C8H10N/c1-7(9)8-5-3-2-4-6-8/h2-3,5-7H,9H2,1H3/t7-/m1/s1. The summed E-state index contributed by atoms with van der Waals surface area (Å²) in [6, 6.07) is 10.8. The summed E-state index contributed by atoms with van der Waals surface area (Å²) in [5.74, 6) is 0. The van der Waals surface area contributed by atoms with Crippen molar-refractivity contribution in [1.82, 2.24) is 0 Å².